The van der Waals surface area contributed by atoms with Crippen molar-refractivity contribution in [3.8, 4) is 11.5 Å². The lowest BCUT2D eigenvalue weighted by Crippen LogP contribution is -2.14. The van der Waals surface area contributed by atoms with E-state index in [9.17, 15) is 9.59 Å². The minimum atomic E-state index is -0.597. The summed E-state index contributed by atoms with van der Waals surface area (Å²) in [5.74, 6) is 0.0729. The molecule has 0 N–H and O–H groups in total. The molecule has 0 bridgehead atoms. The van der Waals surface area contributed by atoms with Crippen LogP contribution in [-0.4, -0.2) is 32.6 Å². The second kappa shape index (κ2) is 7.70. The number of carbonyl (C=O) groups excluding carboxylic acids is 2. The van der Waals surface area contributed by atoms with E-state index in [0.29, 0.717) is 17.1 Å². The Kier molecular flexibility index (Phi) is 5.17. The maximum atomic E-state index is 12.3. The zero-order valence-corrected chi connectivity index (χ0v) is 14.5. The molecular weight excluding hydrogens is 332 g/mol. The van der Waals surface area contributed by atoms with Crippen molar-refractivity contribution in [2.24, 2.45) is 0 Å². The van der Waals surface area contributed by atoms with Crippen molar-refractivity contribution >= 4 is 22.5 Å². The molecule has 0 spiro atoms. The largest absolute Gasteiger partial charge is 0.493 e. The van der Waals surface area contributed by atoms with Crippen LogP contribution >= 0.6 is 0 Å². The van der Waals surface area contributed by atoms with Gasteiger partial charge >= 0.3 is 5.97 Å². The van der Waals surface area contributed by atoms with Gasteiger partial charge in [-0.3, -0.25) is 4.79 Å². The van der Waals surface area contributed by atoms with Gasteiger partial charge in [-0.1, -0.05) is 36.4 Å². The minimum absolute atomic E-state index is 0.260. The van der Waals surface area contributed by atoms with Crippen molar-refractivity contribution in [2.45, 2.75) is 0 Å². The van der Waals surface area contributed by atoms with Gasteiger partial charge in [-0.15, -0.1) is 0 Å². The van der Waals surface area contributed by atoms with Gasteiger partial charge in [0.25, 0.3) is 0 Å². The van der Waals surface area contributed by atoms with Crippen LogP contribution in [-0.2, 0) is 4.74 Å². The van der Waals surface area contributed by atoms with E-state index in [0.717, 1.165) is 10.8 Å². The van der Waals surface area contributed by atoms with Gasteiger partial charge in [0.1, 0.15) is 0 Å². The fraction of sp³-hybridized carbons (Fsp3) is 0.143. The highest BCUT2D eigenvalue weighted by Gasteiger charge is 2.14. The molecule has 0 fully saturated rings. The Morgan fingerprint density at radius 2 is 1.46 bits per heavy atom. The average molecular weight is 350 g/mol. The van der Waals surface area contributed by atoms with Crippen LogP contribution in [0.3, 0.4) is 0 Å². The number of ketones is 1. The molecule has 0 saturated heterocycles. The number of fused-ring (bicyclic) bond motifs is 1. The zero-order chi connectivity index (χ0) is 18.5. The summed E-state index contributed by atoms with van der Waals surface area (Å²) in [6, 6.07) is 17.8. The summed E-state index contributed by atoms with van der Waals surface area (Å²) >= 11 is 0. The molecule has 0 amide bonds. The molecule has 3 aromatic rings. The van der Waals surface area contributed by atoms with E-state index in [1.54, 1.807) is 24.3 Å². The summed E-state index contributed by atoms with van der Waals surface area (Å²) in [5, 5.41) is 2.01. The fourth-order valence-electron chi connectivity index (χ4n) is 2.62. The van der Waals surface area contributed by atoms with Gasteiger partial charge in [0.2, 0.25) is 0 Å². The molecule has 3 aromatic carbocycles. The quantitative estimate of drug-likeness (QED) is 0.498. The predicted molar refractivity (Wildman–Crippen MR) is 98.1 cm³/mol. The lowest BCUT2D eigenvalue weighted by atomic mass is 10.0. The molecule has 0 saturated carbocycles. The van der Waals surface area contributed by atoms with Crippen LogP contribution in [0.5, 0.6) is 11.5 Å². The number of methoxy groups -OCH3 is 2. The van der Waals surface area contributed by atoms with E-state index >= 15 is 0 Å². The first-order valence-corrected chi connectivity index (χ1v) is 8.03. The molecule has 0 atom stereocenters. The van der Waals surface area contributed by atoms with Crippen LogP contribution in [0.1, 0.15) is 20.7 Å². The standard InChI is InChI=1S/C21H18O5/c1-24-19-10-9-17(12-20(19)25-2)21(23)26-13-18(22)16-8-7-14-5-3-4-6-15(14)11-16/h3-12H,13H2,1-2H3. The summed E-state index contributed by atoms with van der Waals surface area (Å²) in [7, 11) is 2.99. The molecule has 0 unspecified atom stereocenters. The molecule has 0 aliphatic heterocycles. The number of esters is 1. The summed E-state index contributed by atoms with van der Waals surface area (Å²) in [6.07, 6.45) is 0. The minimum Gasteiger partial charge on any atom is -0.493 e. The molecule has 3 rings (SSSR count). The van der Waals surface area contributed by atoms with Gasteiger partial charge in [-0.25, -0.2) is 4.79 Å². The Bertz CT molecular complexity index is 962. The number of hydrogen-bond acceptors (Lipinski definition) is 5. The van der Waals surface area contributed by atoms with Gasteiger partial charge in [0.05, 0.1) is 19.8 Å². The first-order valence-electron chi connectivity index (χ1n) is 8.03. The Morgan fingerprint density at radius 3 is 2.19 bits per heavy atom. The first-order chi connectivity index (χ1) is 12.6. The smallest absolute Gasteiger partial charge is 0.338 e. The van der Waals surface area contributed by atoms with Crippen LogP contribution in [0.15, 0.2) is 60.7 Å². The van der Waals surface area contributed by atoms with Gasteiger partial charge in [-0.05, 0) is 35.0 Å². The Labute approximate surface area is 151 Å². The predicted octanol–water partition coefficient (Wildman–Crippen LogP) is 3.90. The summed E-state index contributed by atoms with van der Waals surface area (Å²) in [5.41, 5.74) is 0.790. The van der Waals surface area contributed by atoms with Crippen molar-refractivity contribution in [3.63, 3.8) is 0 Å². The highest BCUT2D eigenvalue weighted by atomic mass is 16.5. The summed E-state index contributed by atoms with van der Waals surface area (Å²) in [6.45, 7) is -0.328. The van der Waals surface area contributed by atoms with Crippen molar-refractivity contribution < 1.29 is 23.8 Å². The van der Waals surface area contributed by atoms with E-state index in [2.05, 4.69) is 0 Å². The zero-order valence-electron chi connectivity index (χ0n) is 14.5. The van der Waals surface area contributed by atoms with E-state index in [-0.39, 0.29) is 18.0 Å². The molecule has 132 valence electrons. The van der Waals surface area contributed by atoms with E-state index in [1.807, 2.05) is 30.3 Å². The molecule has 0 radical (unpaired) electrons. The number of benzene rings is 3. The second-order valence-corrected chi connectivity index (χ2v) is 5.63. The third-order valence-corrected chi connectivity index (χ3v) is 4.03. The van der Waals surface area contributed by atoms with Crippen LogP contribution in [0.25, 0.3) is 10.8 Å². The van der Waals surface area contributed by atoms with Gasteiger partial charge in [0.15, 0.2) is 23.9 Å². The molecule has 26 heavy (non-hydrogen) atoms. The SMILES string of the molecule is COc1ccc(C(=O)OCC(=O)c2ccc3ccccc3c2)cc1OC. The molecular formula is C21H18O5. The molecule has 0 aliphatic carbocycles. The van der Waals surface area contributed by atoms with Gasteiger partial charge < -0.3 is 14.2 Å². The number of Topliss-reactive ketones (excluding diaryl/α,β-unsaturated/α-hetero) is 1. The normalized spacial score (nSPS) is 10.4. The number of carbonyl (C=O) groups is 2. The highest BCUT2D eigenvalue weighted by molar-refractivity contribution is 6.02. The van der Waals surface area contributed by atoms with Crippen molar-refractivity contribution in [3.05, 3.63) is 71.8 Å². The van der Waals surface area contributed by atoms with E-state index in [4.69, 9.17) is 14.2 Å². The first kappa shape index (κ1) is 17.5. The van der Waals surface area contributed by atoms with Crippen LogP contribution in [0, 0.1) is 0 Å². The van der Waals surface area contributed by atoms with Gasteiger partial charge in [-0.2, -0.15) is 0 Å². The van der Waals surface area contributed by atoms with E-state index in [1.165, 1.54) is 20.3 Å². The average Bonchev–Trinajstić information content (AvgIpc) is 2.70. The maximum absolute atomic E-state index is 12.3. The Hall–Kier alpha value is -3.34. The third-order valence-electron chi connectivity index (χ3n) is 4.03. The van der Waals surface area contributed by atoms with Crippen molar-refractivity contribution in [2.75, 3.05) is 20.8 Å². The second-order valence-electron chi connectivity index (χ2n) is 5.63. The Morgan fingerprint density at radius 1 is 0.769 bits per heavy atom. The number of hydrogen-bond donors (Lipinski definition) is 0. The van der Waals surface area contributed by atoms with Crippen molar-refractivity contribution in [1.82, 2.24) is 0 Å². The number of rotatable bonds is 6. The fourth-order valence-corrected chi connectivity index (χ4v) is 2.62. The highest BCUT2D eigenvalue weighted by Crippen LogP contribution is 2.27. The van der Waals surface area contributed by atoms with Crippen molar-refractivity contribution in [1.29, 1.82) is 0 Å². The molecule has 5 heteroatoms. The lowest BCUT2D eigenvalue weighted by Gasteiger charge is -2.09. The lowest BCUT2D eigenvalue weighted by molar-refractivity contribution is 0.0474. The van der Waals surface area contributed by atoms with Crippen LogP contribution in [0.4, 0.5) is 0 Å². The summed E-state index contributed by atoms with van der Waals surface area (Å²) in [4.78, 5) is 24.5. The third kappa shape index (κ3) is 3.67. The summed E-state index contributed by atoms with van der Waals surface area (Å²) < 4.78 is 15.4. The number of ether oxygens (including phenoxy) is 3. The molecule has 0 heterocycles. The maximum Gasteiger partial charge on any atom is 0.338 e. The van der Waals surface area contributed by atoms with Crippen LogP contribution in [0.2, 0.25) is 0 Å². The molecule has 0 aromatic heterocycles. The monoisotopic (exact) mass is 350 g/mol. The van der Waals surface area contributed by atoms with Gasteiger partial charge in [0, 0.05) is 5.56 Å². The molecule has 5 nitrogen and oxygen atoms in total. The topological polar surface area (TPSA) is 61.8 Å². The Balaban J connectivity index is 1.69. The molecule has 0 aliphatic rings. The van der Waals surface area contributed by atoms with Crippen LogP contribution < -0.4 is 9.47 Å². The van der Waals surface area contributed by atoms with E-state index < -0.39 is 5.97 Å².